The molecule has 0 bridgehead atoms. The van der Waals surface area contributed by atoms with Crippen molar-refractivity contribution >= 4 is 10.1 Å². The van der Waals surface area contributed by atoms with Crippen LogP contribution in [0.2, 0.25) is 0 Å². The molecule has 0 fully saturated rings. The third kappa shape index (κ3) is 9.85. The van der Waals surface area contributed by atoms with Gasteiger partial charge in [0.15, 0.2) is 0 Å². The van der Waals surface area contributed by atoms with Crippen LogP contribution in [0, 0.1) is 0 Å². The summed E-state index contributed by atoms with van der Waals surface area (Å²) >= 11 is 0. The number of aliphatic hydroxyl groups excluding tert-OH is 1. The van der Waals surface area contributed by atoms with Crippen LogP contribution in [-0.4, -0.2) is 29.4 Å². The Morgan fingerprint density at radius 3 is 1.89 bits per heavy atom. The zero-order chi connectivity index (χ0) is 14.0. The second-order valence-electron chi connectivity index (χ2n) is 5.12. The van der Waals surface area contributed by atoms with Gasteiger partial charge in [-0.2, -0.15) is 8.42 Å². The van der Waals surface area contributed by atoms with Crippen LogP contribution < -0.4 is 0 Å². The summed E-state index contributed by atoms with van der Waals surface area (Å²) in [5, 5.41) is 8.49. The molecule has 2 atom stereocenters. The Balaban J connectivity index is 3.94. The number of hydrogen-bond donors (Lipinski definition) is 2. The molecular formula is C13H28O4S. The van der Waals surface area contributed by atoms with E-state index in [1.165, 1.54) is 0 Å². The number of hydrogen-bond acceptors (Lipinski definition) is 3. The van der Waals surface area contributed by atoms with Gasteiger partial charge in [-0.25, -0.2) is 0 Å². The van der Waals surface area contributed by atoms with Gasteiger partial charge in [-0.15, -0.1) is 0 Å². The third-order valence-electron chi connectivity index (χ3n) is 3.20. The molecule has 0 spiro atoms. The van der Waals surface area contributed by atoms with Gasteiger partial charge in [-0.05, 0) is 26.2 Å². The Labute approximate surface area is 112 Å². The predicted octanol–water partition coefficient (Wildman–Crippen LogP) is 3.15. The summed E-state index contributed by atoms with van der Waals surface area (Å²) in [5.41, 5.74) is 0. The molecule has 0 aromatic heterocycles. The molecule has 0 saturated heterocycles. The van der Waals surface area contributed by atoms with Crippen molar-refractivity contribution in [1.29, 1.82) is 0 Å². The third-order valence-corrected chi connectivity index (χ3v) is 4.51. The van der Waals surface area contributed by atoms with E-state index in [1.54, 1.807) is 6.92 Å². The summed E-state index contributed by atoms with van der Waals surface area (Å²) in [6, 6.07) is 0. The normalized spacial score (nSPS) is 15.6. The zero-order valence-electron chi connectivity index (χ0n) is 11.6. The fourth-order valence-corrected chi connectivity index (χ4v) is 2.98. The average Bonchev–Trinajstić information content (AvgIpc) is 2.24. The van der Waals surface area contributed by atoms with Crippen molar-refractivity contribution in [3.63, 3.8) is 0 Å². The van der Waals surface area contributed by atoms with Crippen LogP contribution in [0.1, 0.15) is 71.6 Å². The van der Waals surface area contributed by atoms with Crippen molar-refractivity contribution in [3.05, 3.63) is 0 Å². The van der Waals surface area contributed by atoms with Gasteiger partial charge in [0.1, 0.15) is 0 Å². The SMILES string of the molecule is CCCCCCC(CCCCC(C)O)S(=O)(=O)O. The van der Waals surface area contributed by atoms with Crippen LogP contribution in [0.3, 0.4) is 0 Å². The van der Waals surface area contributed by atoms with Crippen LogP contribution in [0.4, 0.5) is 0 Å². The van der Waals surface area contributed by atoms with Crippen molar-refractivity contribution in [2.45, 2.75) is 83.0 Å². The highest BCUT2D eigenvalue weighted by atomic mass is 32.2. The summed E-state index contributed by atoms with van der Waals surface area (Å²) < 4.78 is 31.6. The fraction of sp³-hybridized carbons (Fsp3) is 1.00. The largest absolute Gasteiger partial charge is 0.393 e. The van der Waals surface area contributed by atoms with Gasteiger partial charge in [0, 0.05) is 0 Å². The molecule has 0 aliphatic rings. The van der Waals surface area contributed by atoms with Crippen LogP contribution in [0.15, 0.2) is 0 Å². The average molecular weight is 280 g/mol. The number of unbranched alkanes of at least 4 members (excludes halogenated alkanes) is 4. The van der Waals surface area contributed by atoms with E-state index in [4.69, 9.17) is 9.66 Å². The van der Waals surface area contributed by atoms with Gasteiger partial charge in [-0.3, -0.25) is 4.55 Å². The lowest BCUT2D eigenvalue weighted by molar-refractivity contribution is 0.180. The maximum atomic E-state index is 11.2. The van der Waals surface area contributed by atoms with Crippen LogP contribution >= 0.6 is 0 Å². The van der Waals surface area contributed by atoms with E-state index >= 15 is 0 Å². The minimum atomic E-state index is -3.92. The molecule has 0 heterocycles. The van der Waals surface area contributed by atoms with Gasteiger partial charge in [0.25, 0.3) is 10.1 Å². The van der Waals surface area contributed by atoms with E-state index in [-0.39, 0.29) is 6.10 Å². The molecule has 0 saturated carbocycles. The van der Waals surface area contributed by atoms with E-state index in [0.29, 0.717) is 19.3 Å². The first-order valence-electron chi connectivity index (χ1n) is 7.02. The van der Waals surface area contributed by atoms with Gasteiger partial charge in [0.2, 0.25) is 0 Å². The Bertz CT molecular complexity index is 285. The summed E-state index contributed by atoms with van der Waals surface area (Å²) in [6.07, 6.45) is 7.05. The van der Waals surface area contributed by atoms with Crippen molar-refractivity contribution in [2.24, 2.45) is 0 Å². The zero-order valence-corrected chi connectivity index (χ0v) is 12.5. The molecule has 0 radical (unpaired) electrons. The molecule has 0 aromatic carbocycles. The molecule has 4 nitrogen and oxygen atoms in total. The molecular weight excluding hydrogens is 252 g/mol. The minimum absolute atomic E-state index is 0.335. The van der Waals surface area contributed by atoms with Crippen molar-refractivity contribution < 1.29 is 18.1 Å². The molecule has 0 aliphatic carbocycles. The first-order chi connectivity index (χ1) is 8.38. The second-order valence-corrected chi connectivity index (χ2v) is 6.82. The highest BCUT2D eigenvalue weighted by molar-refractivity contribution is 7.86. The van der Waals surface area contributed by atoms with E-state index in [1.807, 2.05) is 0 Å². The maximum absolute atomic E-state index is 11.2. The van der Waals surface area contributed by atoms with Crippen LogP contribution in [0.5, 0.6) is 0 Å². The standard InChI is InChI=1S/C13H28O4S/c1-3-4-5-6-10-13(18(15,16)17)11-8-7-9-12(2)14/h12-14H,3-11H2,1-2H3,(H,15,16,17). The Hall–Kier alpha value is -0.130. The minimum Gasteiger partial charge on any atom is -0.393 e. The first kappa shape index (κ1) is 17.9. The Kier molecular flexibility index (Phi) is 9.68. The van der Waals surface area contributed by atoms with Crippen molar-refractivity contribution in [3.8, 4) is 0 Å². The van der Waals surface area contributed by atoms with E-state index in [0.717, 1.165) is 38.5 Å². The lowest BCUT2D eigenvalue weighted by Crippen LogP contribution is -2.20. The van der Waals surface area contributed by atoms with Crippen molar-refractivity contribution in [2.75, 3.05) is 0 Å². The molecule has 110 valence electrons. The molecule has 2 N–H and O–H groups in total. The molecule has 0 amide bonds. The van der Waals surface area contributed by atoms with Crippen molar-refractivity contribution in [1.82, 2.24) is 0 Å². The Morgan fingerprint density at radius 1 is 0.944 bits per heavy atom. The molecule has 0 rings (SSSR count). The topological polar surface area (TPSA) is 74.6 Å². The summed E-state index contributed by atoms with van der Waals surface area (Å²) in [6.45, 7) is 3.83. The highest BCUT2D eigenvalue weighted by Crippen LogP contribution is 2.18. The van der Waals surface area contributed by atoms with Gasteiger partial charge >= 0.3 is 0 Å². The number of rotatable bonds is 11. The summed E-state index contributed by atoms with van der Waals surface area (Å²) in [5.74, 6) is 0. The van der Waals surface area contributed by atoms with Crippen LogP contribution in [-0.2, 0) is 10.1 Å². The van der Waals surface area contributed by atoms with Crippen LogP contribution in [0.25, 0.3) is 0 Å². The second kappa shape index (κ2) is 9.75. The van der Waals surface area contributed by atoms with E-state index in [9.17, 15) is 8.42 Å². The molecule has 5 heteroatoms. The molecule has 0 aromatic rings. The monoisotopic (exact) mass is 280 g/mol. The van der Waals surface area contributed by atoms with Gasteiger partial charge in [0.05, 0.1) is 11.4 Å². The summed E-state index contributed by atoms with van der Waals surface area (Å²) in [4.78, 5) is 0. The first-order valence-corrected chi connectivity index (χ1v) is 8.52. The van der Waals surface area contributed by atoms with E-state index in [2.05, 4.69) is 6.92 Å². The van der Waals surface area contributed by atoms with E-state index < -0.39 is 15.4 Å². The lowest BCUT2D eigenvalue weighted by atomic mass is 10.0. The quantitative estimate of drug-likeness (QED) is 0.450. The molecule has 18 heavy (non-hydrogen) atoms. The van der Waals surface area contributed by atoms with Gasteiger partial charge < -0.3 is 5.11 Å². The van der Waals surface area contributed by atoms with Gasteiger partial charge in [-0.1, -0.05) is 45.4 Å². The Morgan fingerprint density at radius 2 is 1.44 bits per heavy atom. The highest BCUT2D eigenvalue weighted by Gasteiger charge is 2.21. The fourth-order valence-electron chi connectivity index (χ4n) is 2.05. The predicted molar refractivity (Wildman–Crippen MR) is 74.2 cm³/mol. The smallest absolute Gasteiger partial charge is 0.267 e. The summed E-state index contributed by atoms with van der Waals surface area (Å²) in [7, 11) is -3.92. The maximum Gasteiger partial charge on any atom is 0.267 e. The molecule has 0 aliphatic heterocycles. The molecule has 2 unspecified atom stereocenters. The number of aliphatic hydroxyl groups is 1. The lowest BCUT2D eigenvalue weighted by Gasteiger charge is -2.13.